The summed E-state index contributed by atoms with van der Waals surface area (Å²) in [5, 5.41) is 13.3. The molecule has 1 fully saturated rings. The predicted octanol–water partition coefficient (Wildman–Crippen LogP) is 5.47. The Labute approximate surface area is 191 Å². The summed E-state index contributed by atoms with van der Waals surface area (Å²) in [6, 6.07) is 28.7. The molecule has 5 heteroatoms. The minimum Gasteiger partial charge on any atom is -0.507 e. The number of rotatable bonds is 4. The van der Waals surface area contributed by atoms with Crippen LogP contribution in [0, 0.1) is 0 Å². The van der Waals surface area contributed by atoms with E-state index in [1.54, 1.807) is 37.4 Å². The van der Waals surface area contributed by atoms with Crippen LogP contribution in [0.2, 0.25) is 0 Å². The van der Waals surface area contributed by atoms with Gasteiger partial charge in [-0.3, -0.25) is 14.5 Å². The standard InChI is InChI=1S/C28H21NO4/c1-33-23-15-13-22(14-16-23)29-25(19-8-3-2-4-9-19)24(27(31)28(29)32)26(30)21-12-11-18-7-5-6-10-20(18)17-21/h2-17,25,30H,1H3/b26-24-. The van der Waals surface area contributed by atoms with Crippen molar-refractivity contribution in [2.45, 2.75) is 6.04 Å². The number of aliphatic hydroxyl groups excluding tert-OH is 1. The summed E-state index contributed by atoms with van der Waals surface area (Å²) in [7, 11) is 1.56. The van der Waals surface area contributed by atoms with Gasteiger partial charge in [-0.15, -0.1) is 0 Å². The van der Waals surface area contributed by atoms with E-state index in [1.165, 1.54) is 4.90 Å². The van der Waals surface area contributed by atoms with Gasteiger partial charge in [0, 0.05) is 11.3 Å². The maximum absolute atomic E-state index is 13.2. The number of carbonyl (C=O) groups is 2. The van der Waals surface area contributed by atoms with Crippen LogP contribution < -0.4 is 9.64 Å². The van der Waals surface area contributed by atoms with Gasteiger partial charge in [-0.2, -0.15) is 0 Å². The molecule has 1 aliphatic heterocycles. The summed E-state index contributed by atoms with van der Waals surface area (Å²) in [4.78, 5) is 27.9. The van der Waals surface area contributed by atoms with Gasteiger partial charge in [0.1, 0.15) is 11.5 Å². The molecule has 0 aromatic heterocycles. The van der Waals surface area contributed by atoms with E-state index in [9.17, 15) is 14.7 Å². The number of aliphatic hydroxyl groups is 1. The third-order valence-electron chi connectivity index (χ3n) is 5.93. The number of anilines is 1. The number of methoxy groups -OCH3 is 1. The Morgan fingerprint density at radius 3 is 2.18 bits per heavy atom. The third kappa shape index (κ3) is 3.53. The number of ether oxygens (including phenoxy) is 1. The molecule has 0 aliphatic carbocycles. The van der Waals surface area contributed by atoms with Crippen LogP contribution in [0.5, 0.6) is 5.75 Å². The fourth-order valence-corrected chi connectivity index (χ4v) is 4.28. The molecule has 1 amide bonds. The minimum absolute atomic E-state index is 0.0669. The zero-order valence-corrected chi connectivity index (χ0v) is 17.9. The van der Waals surface area contributed by atoms with Gasteiger partial charge in [-0.05, 0) is 46.7 Å². The zero-order chi connectivity index (χ0) is 22.9. The first-order valence-corrected chi connectivity index (χ1v) is 10.6. The maximum Gasteiger partial charge on any atom is 0.300 e. The Kier molecular flexibility index (Phi) is 5.15. The highest BCUT2D eigenvalue weighted by molar-refractivity contribution is 6.51. The Hall–Kier alpha value is -4.38. The molecular formula is C28H21NO4. The van der Waals surface area contributed by atoms with Crippen LogP contribution >= 0.6 is 0 Å². The van der Waals surface area contributed by atoms with Crippen molar-refractivity contribution in [3.63, 3.8) is 0 Å². The molecule has 1 saturated heterocycles. The number of Topliss-reactive ketones (excluding diaryl/α,β-unsaturated/α-hetero) is 1. The third-order valence-corrected chi connectivity index (χ3v) is 5.93. The first-order valence-electron chi connectivity index (χ1n) is 10.6. The molecule has 5 rings (SSSR count). The predicted molar refractivity (Wildman–Crippen MR) is 128 cm³/mol. The lowest BCUT2D eigenvalue weighted by Crippen LogP contribution is -2.29. The van der Waals surface area contributed by atoms with Crippen LogP contribution in [-0.2, 0) is 9.59 Å². The van der Waals surface area contributed by atoms with Gasteiger partial charge in [-0.25, -0.2) is 0 Å². The summed E-state index contributed by atoms with van der Waals surface area (Å²) in [5.41, 5.74) is 1.83. The van der Waals surface area contributed by atoms with Crippen LogP contribution in [-0.4, -0.2) is 23.9 Å². The number of benzene rings is 4. The summed E-state index contributed by atoms with van der Waals surface area (Å²) < 4.78 is 5.22. The smallest absolute Gasteiger partial charge is 0.300 e. The zero-order valence-electron chi connectivity index (χ0n) is 17.9. The van der Waals surface area contributed by atoms with E-state index in [1.807, 2.05) is 66.7 Å². The first kappa shape index (κ1) is 20.5. The fraction of sp³-hybridized carbons (Fsp3) is 0.0714. The second kappa shape index (κ2) is 8.28. The highest BCUT2D eigenvalue weighted by Gasteiger charge is 2.46. The van der Waals surface area contributed by atoms with Gasteiger partial charge >= 0.3 is 0 Å². The van der Waals surface area contributed by atoms with E-state index < -0.39 is 17.7 Å². The molecule has 1 atom stereocenters. The topological polar surface area (TPSA) is 66.8 Å². The quantitative estimate of drug-likeness (QED) is 0.262. The van der Waals surface area contributed by atoms with Crippen molar-refractivity contribution in [3.05, 3.63) is 114 Å². The molecule has 162 valence electrons. The Bertz CT molecular complexity index is 1390. The van der Waals surface area contributed by atoms with Crippen LogP contribution in [0.4, 0.5) is 5.69 Å². The van der Waals surface area contributed by atoms with Crippen molar-refractivity contribution < 1.29 is 19.4 Å². The van der Waals surface area contributed by atoms with Gasteiger partial charge < -0.3 is 9.84 Å². The SMILES string of the molecule is COc1ccc(N2C(=O)C(=O)/C(=C(\O)c3ccc4ccccc4c3)C2c2ccccc2)cc1. The van der Waals surface area contributed by atoms with Crippen molar-refractivity contribution >= 4 is 33.9 Å². The highest BCUT2D eigenvalue weighted by atomic mass is 16.5. The number of carbonyl (C=O) groups excluding carboxylic acids is 2. The molecule has 5 nitrogen and oxygen atoms in total. The summed E-state index contributed by atoms with van der Waals surface area (Å²) in [6.07, 6.45) is 0. The Balaban J connectivity index is 1.70. The average Bonchev–Trinajstić information content (AvgIpc) is 3.14. The largest absolute Gasteiger partial charge is 0.507 e. The normalized spacial score (nSPS) is 17.5. The van der Waals surface area contributed by atoms with Crippen molar-refractivity contribution in [1.82, 2.24) is 0 Å². The van der Waals surface area contributed by atoms with Gasteiger partial charge in [-0.1, -0.05) is 66.7 Å². The molecule has 33 heavy (non-hydrogen) atoms. The summed E-state index contributed by atoms with van der Waals surface area (Å²) >= 11 is 0. The number of fused-ring (bicyclic) bond motifs is 1. The summed E-state index contributed by atoms with van der Waals surface area (Å²) in [5.74, 6) is -0.951. The van der Waals surface area contributed by atoms with Crippen molar-refractivity contribution in [2.75, 3.05) is 12.0 Å². The van der Waals surface area contributed by atoms with Gasteiger partial charge in [0.25, 0.3) is 11.7 Å². The monoisotopic (exact) mass is 435 g/mol. The molecule has 0 radical (unpaired) electrons. The van der Waals surface area contributed by atoms with E-state index in [-0.39, 0.29) is 11.3 Å². The molecule has 0 saturated carbocycles. The molecule has 1 aliphatic rings. The second-order valence-electron chi connectivity index (χ2n) is 7.84. The van der Waals surface area contributed by atoms with Crippen molar-refractivity contribution in [3.8, 4) is 5.75 Å². The molecule has 1 unspecified atom stereocenters. The van der Waals surface area contributed by atoms with E-state index in [4.69, 9.17) is 4.74 Å². The lowest BCUT2D eigenvalue weighted by Gasteiger charge is -2.25. The first-order chi connectivity index (χ1) is 16.1. The average molecular weight is 435 g/mol. The van der Waals surface area contributed by atoms with Crippen molar-refractivity contribution in [1.29, 1.82) is 0 Å². The lowest BCUT2D eigenvalue weighted by molar-refractivity contribution is -0.132. The number of ketones is 1. The molecule has 4 aromatic carbocycles. The van der Waals surface area contributed by atoms with Crippen LogP contribution in [0.1, 0.15) is 17.2 Å². The van der Waals surface area contributed by atoms with Gasteiger partial charge in [0.05, 0.1) is 18.7 Å². The molecule has 0 bridgehead atoms. The molecule has 0 spiro atoms. The number of hydrogen-bond donors (Lipinski definition) is 1. The molecule has 1 N–H and O–H groups in total. The van der Waals surface area contributed by atoms with Crippen LogP contribution in [0.15, 0.2) is 103 Å². The molecule has 4 aromatic rings. The minimum atomic E-state index is -0.758. The fourth-order valence-electron chi connectivity index (χ4n) is 4.28. The van der Waals surface area contributed by atoms with E-state index in [2.05, 4.69) is 0 Å². The van der Waals surface area contributed by atoms with E-state index >= 15 is 0 Å². The second-order valence-corrected chi connectivity index (χ2v) is 7.84. The molecular weight excluding hydrogens is 414 g/mol. The molecule has 1 heterocycles. The number of hydrogen-bond acceptors (Lipinski definition) is 4. The maximum atomic E-state index is 13.2. The number of amides is 1. The van der Waals surface area contributed by atoms with Gasteiger partial charge in [0.15, 0.2) is 0 Å². The van der Waals surface area contributed by atoms with Crippen LogP contribution in [0.3, 0.4) is 0 Å². The Morgan fingerprint density at radius 1 is 0.818 bits per heavy atom. The highest BCUT2D eigenvalue weighted by Crippen LogP contribution is 2.42. The summed E-state index contributed by atoms with van der Waals surface area (Å²) in [6.45, 7) is 0. The van der Waals surface area contributed by atoms with E-state index in [0.717, 1.165) is 16.3 Å². The van der Waals surface area contributed by atoms with Gasteiger partial charge in [0.2, 0.25) is 0 Å². The van der Waals surface area contributed by atoms with E-state index in [0.29, 0.717) is 17.0 Å². The lowest BCUT2D eigenvalue weighted by atomic mass is 9.94. The number of nitrogens with zero attached hydrogens (tertiary/aromatic N) is 1. The van der Waals surface area contributed by atoms with Crippen molar-refractivity contribution in [2.24, 2.45) is 0 Å². The van der Waals surface area contributed by atoms with Crippen LogP contribution in [0.25, 0.3) is 16.5 Å². The Morgan fingerprint density at radius 2 is 1.48 bits per heavy atom.